The second-order valence-corrected chi connectivity index (χ2v) is 6.71. The monoisotopic (exact) mass is 467 g/mol. The summed E-state index contributed by atoms with van der Waals surface area (Å²) in [4.78, 5) is 31.0. The predicted molar refractivity (Wildman–Crippen MR) is 124 cm³/mol. The van der Waals surface area contributed by atoms with Crippen LogP contribution in [0, 0.1) is 0 Å². The lowest BCUT2D eigenvalue weighted by Gasteiger charge is -2.04. The molecule has 31 heavy (non-hydrogen) atoms. The molecule has 0 unspecified atom stereocenters. The van der Waals surface area contributed by atoms with E-state index in [0.717, 1.165) is 28.3 Å². The summed E-state index contributed by atoms with van der Waals surface area (Å²) in [5.41, 5.74) is 8.88. The van der Waals surface area contributed by atoms with E-state index in [4.69, 9.17) is 33.4 Å². The van der Waals surface area contributed by atoms with Gasteiger partial charge in [-0.15, -0.1) is 23.2 Å². The molecule has 8 heteroatoms. The van der Waals surface area contributed by atoms with Gasteiger partial charge in [-0.1, -0.05) is 44.7 Å². The third kappa shape index (κ3) is 10.2. The SMILES string of the molecule is C=CC(N)=O.CCc1cc(CCl)ccc1C(=O)O.CCc1cc(CCl)ccc1C(=O)O. The molecule has 0 aliphatic carbocycles. The number of benzene rings is 2. The Morgan fingerprint density at radius 1 is 0.871 bits per heavy atom. The van der Waals surface area contributed by atoms with Gasteiger partial charge in [-0.05, 0) is 53.3 Å². The Bertz CT molecular complexity index is 847. The van der Waals surface area contributed by atoms with E-state index in [1.807, 2.05) is 26.0 Å². The predicted octanol–water partition coefficient (Wildman–Crippen LogP) is 5.03. The average Bonchev–Trinajstić information content (AvgIpc) is 2.78. The molecule has 0 saturated heterocycles. The van der Waals surface area contributed by atoms with E-state index in [1.54, 1.807) is 24.3 Å². The van der Waals surface area contributed by atoms with Gasteiger partial charge in [0.05, 0.1) is 11.1 Å². The minimum atomic E-state index is -0.877. The molecule has 0 aliphatic heterocycles. The van der Waals surface area contributed by atoms with Crippen LogP contribution < -0.4 is 5.73 Å². The van der Waals surface area contributed by atoms with Gasteiger partial charge in [0.1, 0.15) is 0 Å². The molecule has 0 heterocycles. The van der Waals surface area contributed by atoms with Gasteiger partial charge in [-0.25, -0.2) is 9.59 Å². The van der Waals surface area contributed by atoms with Crippen LogP contribution >= 0.6 is 23.2 Å². The fourth-order valence-electron chi connectivity index (χ4n) is 2.46. The van der Waals surface area contributed by atoms with Crippen LogP contribution in [-0.2, 0) is 29.4 Å². The molecule has 0 aliphatic rings. The quantitative estimate of drug-likeness (QED) is 0.389. The maximum Gasteiger partial charge on any atom is 0.335 e. The minimum Gasteiger partial charge on any atom is -0.478 e. The molecule has 6 nitrogen and oxygen atoms in total. The van der Waals surface area contributed by atoms with E-state index < -0.39 is 17.8 Å². The van der Waals surface area contributed by atoms with Crippen LogP contribution in [0.4, 0.5) is 0 Å². The first-order valence-corrected chi connectivity index (χ1v) is 10.5. The number of hydrogen-bond donors (Lipinski definition) is 3. The van der Waals surface area contributed by atoms with E-state index in [9.17, 15) is 14.4 Å². The smallest absolute Gasteiger partial charge is 0.335 e. The number of carbonyl (C=O) groups is 3. The highest BCUT2D eigenvalue weighted by molar-refractivity contribution is 6.17. The number of aryl methyl sites for hydroxylation is 2. The second kappa shape index (κ2) is 15.0. The fraction of sp³-hybridized carbons (Fsp3) is 0.261. The van der Waals surface area contributed by atoms with Crippen molar-refractivity contribution in [1.29, 1.82) is 0 Å². The Labute approximate surface area is 192 Å². The number of halogens is 2. The third-order valence-electron chi connectivity index (χ3n) is 4.07. The normalized spacial score (nSPS) is 9.42. The molecule has 2 aromatic rings. The molecule has 0 bridgehead atoms. The Kier molecular flexibility index (Phi) is 13.7. The van der Waals surface area contributed by atoms with E-state index in [-0.39, 0.29) is 0 Å². The zero-order chi connectivity index (χ0) is 24.0. The van der Waals surface area contributed by atoms with Crippen LogP contribution in [-0.4, -0.2) is 28.1 Å². The van der Waals surface area contributed by atoms with E-state index in [2.05, 4.69) is 12.3 Å². The summed E-state index contributed by atoms with van der Waals surface area (Å²) < 4.78 is 0. The number of primary amides is 1. The molecule has 4 N–H and O–H groups in total. The van der Waals surface area contributed by atoms with Crippen LogP contribution in [0.1, 0.15) is 56.8 Å². The van der Waals surface area contributed by atoms with Crippen molar-refractivity contribution < 1.29 is 24.6 Å². The van der Waals surface area contributed by atoms with Crippen LogP contribution in [0.5, 0.6) is 0 Å². The lowest BCUT2D eigenvalue weighted by atomic mass is 10.0. The van der Waals surface area contributed by atoms with E-state index in [0.29, 0.717) is 35.7 Å². The van der Waals surface area contributed by atoms with Crippen molar-refractivity contribution in [3.05, 3.63) is 82.4 Å². The number of aromatic carboxylic acids is 2. The summed E-state index contributed by atoms with van der Waals surface area (Å²) in [6, 6.07) is 10.4. The van der Waals surface area contributed by atoms with Crippen molar-refractivity contribution in [1.82, 2.24) is 0 Å². The highest BCUT2D eigenvalue weighted by Gasteiger charge is 2.09. The lowest BCUT2D eigenvalue weighted by Crippen LogP contribution is -2.04. The fourth-order valence-corrected chi connectivity index (χ4v) is 2.80. The molecule has 0 radical (unpaired) electrons. The summed E-state index contributed by atoms with van der Waals surface area (Å²) in [5, 5.41) is 17.7. The molecular weight excluding hydrogens is 441 g/mol. The first kappa shape index (κ1) is 28.2. The number of alkyl halides is 2. The number of carboxylic acid groups (broad SMARTS) is 2. The highest BCUT2D eigenvalue weighted by Crippen LogP contribution is 2.15. The van der Waals surface area contributed by atoms with E-state index in [1.165, 1.54) is 0 Å². The van der Waals surface area contributed by atoms with Gasteiger partial charge < -0.3 is 15.9 Å². The van der Waals surface area contributed by atoms with Gasteiger partial charge >= 0.3 is 11.9 Å². The molecule has 1 amide bonds. The number of carbonyl (C=O) groups excluding carboxylic acids is 1. The van der Waals surface area contributed by atoms with Crippen molar-refractivity contribution in [3.8, 4) is 0 Å². The Hall–Kier alpha value is -2.83. The largest absolute Gasteiger partial charge is 0.478 e. The van der Waals surface area contributed by atoms with Crippen molar-refractivity contribution in [2.24, 2.45) is 5.73 Å². The minimum absolute atomic E-state index is 0.372. The molecule has 0 spiro atoms. The van der Waals surface area contributed by atoms with Gasteiger partial charge in [0, 0.05) is 11.8 Å². The van der Waals surface area contributed by atoms with Gasteiger partial charge in [-0.3, -0.25) is 4.79 Å². The van der Waals surface area contributed by atoms with Crippen LogP contribution in [0.25, 0.3) is 0 Å². The average molecular weight is 468 g/mol. The van der Waals surface area contributed by atoms with Gasteiger partial charge in [0.25, 0.3) is 0 Å². The number of hydrogen-bond acceptors (Lipinski definition) is 3. The molecule has 2 aromatic carbocycles. The number of amides is 1. The van der Waals surface area contributed by atoms with Crippen molar-refractivity contribution >= 4 is 41.0 Å². The van der Waals surface area contributed by atoms with Gasteiger partial charge in [0.15, 0.2) is 0 Å². The van der Waals surface area contributed by atoms with Crippen LogP contribution in [0.15, 0.2) is 49.1 Å². The Morgan fingerprint density at radius 2 is 1.19 bits per heavy atom. The van der Waals surface area contributed by atoms with Crippen molar-refractivity contribution in [2.45, 2.75) is 38.4 Å². The lowest BCUT2D eigenvalue weighted by molar-refractivity contribution is -0.113. The molecule has 2 rings (SSSR count). The first-order chi connectivity index (χ1) is 14.6. The molecular formula is C23H27Cl2NO5. The van der Waals surface area contributed by atoms with E-state index >= 15 is 0 Å². The Balaban J connectivity index is 0.000000479. The Morgan fingerprint density at radius 3 is 1.39 bits per heavy atom. The molecule has 0 saturated carbocycles. The maximum atomic E-state index is 10.7. The second-order valence-electron chi connectivity index (χ2n) is 6.17. The zero-order valence-electron chi connectivity index (χ0n) is 17.5. The zero-order valence-corrected chi connectivity index (χ0v) is 19.0. The molecule has 0 fully saturated rings. The van der Waals surface area contributed by atoms with Crippen molar-refractivity contribution in [2.75, 3.05) is 0 Å². The standard InChI is InChI=1S/2C10H11ClO2.C3H5NO/c2*1-2-8-5-7(6-11)3-4-9(8)10(12)13;1-2-3(4)5/h2*3-5H,2,6H2,1H3,(H,12,13);2H,1H2,(H2,4,5). The van der Waals surface area contributed by atoms with Crippen LogP contribution in [0.2, 0.25) is 0 Å². The first-order valence-electron chi connectivity index (χ1n) is 9.38. The molecule has 168 valence electrons. The summed E-state index contributed by atoms with van der Waals surface area (Å²) in [6.07, 6.45) is 2.48. The number of nitrogens with two attached hydrogens (primary N) is 1. The third-order valence-corrected chi connectivity index (χ3v) is 4.69. The molecule has 0 atom stereocenters. The van der Waals surface area contributed by atoms with Gasteiger partial charge in [-0.2, -0.15) is 0 Å². The summed E-state index contributed by atoms with van der Waals surface area (Å²) >= 11 is 11.3. The van der Waals surface area contributed by atoms with Crippen LogP contribution in [0.3, 0.4) is 0 Å². The van der Waals surface area contributed by atoms with Crippen molar-refractivity contribution in [3.63, 3.8) is 0 Å². The van der Waals surface area contributed by atoms with Gasteiger partial charge in [0.2, 0.25) is 5.91 Å². The summed E-state index contributed by atoms with van der Waals surface area (Å²) in [7, 11) is 0. The summed E-state index contributed by atoms with van der Waals surface area (Å²) in [6.45, 7) is 6.95. The number of rotatable bonds is 7. The topological polar surface area (TPSA) is 118 Å². The maximum absolute atomic E-state index is 10.7. The highest BCUT2D eigenvalue weighted by atomic mass is 35.5. The molecule has 0 aromatic heterocycles. The summed E-state index contributed by atoms with van der Waals surface area (Å²) in [5.74, 6) is -1.39. The number of carboxylic acids is 2.